The van der Waals surface area contributed by atoms with E-state index in [1.807, 2.05) is 25.2 Å². The molecular formula is C10H12Cl2N2. The Morgan fingerprint density at radius 1 is 1.29 bits per heavy atom. The summed E-state index contributed by atoms with van der Waals surface area (Å²) in [5.41, 5.74) is 1.14. The van der Waals surface area contributed by atoms with Gasteiger partial charge in [0.2, 0.25) is 0 Å². The van der Waals surface area contributed by atoms with E-state index in [0.29, 0.717) is 16.1 Å². The summed E-state index contributed by atoms with van der Waals surface area (Å²) in [7, 11) is 1.98. The van der Waals surface area contributed by atoms with Crippen LogP contribution >= 0.6 is 23.2 Å². The molecule has 0 aromatic heterocycles. The van der Waals surface area contributed by atoms with E-state index in [1.54, 1.807) is 0 Å². The first-order valence-electron chi connectivity index (χ1n) is 4.58. The van der Waals surface area contributed by atoms with Gasteiger partial charge in [-0.25, -0.2) is 0 Å². The molecule has 1 aromatic rings. The van der Waals surface area contributed by atoms with E-state index in [-0.39, 0.29) is 0 Å². The lowest BCUT2D eigenvalue weighted by atomic mass is 10.1. The lowest BCUT2D eigenvalue weighted by Gasteiger charge is -2.41. The molecule has 1 N–H and O–H groups in total. The maximum atomic E-state index is 5.93. The molecule has 2 nitrogen and oxygen atoms in total. The summed E-state index contributed by atoms with van der Waals surface area (Å²) in [4.78, 5) is 2.27. The summed E-state index contributed by atoms with van der Waals surface area (Å²) in [6.07, 6.45) is 0. The lowest BCUT2D eigenvalue weighted by Crippen LogP contribution is -2.57. The smallest absolute Gasteiger partial charge is 0.0612 e. The first-order chi connectivity index (χ1) is 6.70. The van der Waals surface area contributed by atoms with Gasteiger partial charge in [-0.05, 0) is 25.2 Å². The van der Waals surface area contributed by atoms with Crippen LogP contribution in [0.2, 0.25) is 10.0 Å². The van der Waals surface area contributed by atoms with Crippen molar-refractivity contribution in [3.8, 4) is 0 Å². The summed E-state index contributed by atoms with van der Waals surface area (Å²) >= 11 is 11.8. The molecule has 1 saturated heterocycles. The van der Waals surface area contributed by atoms with Crippen molar-refractivity contribution >= 4 is 28.9 Å². The molecule has 0 aliphatic carbocycles. The van der Waals surface area contributed by atoms with Crippen molar-refractivity contribution in [2.45, 2.75) is 6.04 Å². The number of nitrogens with one attached hydrogen (secondary N) is 1. The van der Waals surface area contributed by atoms with Crippen LogP contribution in [0.3, 0.4) is 0 Å². The number of anilines is 1. The van der Waals surface area contributed by atoms with Crippen molar-refractivity contribution in [2.75, 3.05) is 25.0 Å². The molecule has 1 aliphatic heterocycles. The van der Waals surface area contributed by atoms with Crippen LogP contribution in [-0.4, -0.2) is 26.2 Å². The highest BCUT2D eigenvalue weighted by atomic mass is 35.5. The quantitative estimate of drug-likeness (QED) is 0.840. The van der Waals surface area contributed by atoms with E-state index < -0.39 is 0 Å². The Labute approximate surface area is 93.8 Å². The first kappa shape index (κ1) is 10.1. The van der Waals surface area contributed by atoms with Crippen LogP contribution in [0.5, 0.6) is 0 Å². The zero-order valence-corrected chi connectivity index (χ0v) is 9.44. The molecule has 1 aromatic carbocycles. The maximum absolute atomic E-state index is 5.93. The van der Waals surface area contributed by atoms with Crippen LogP contribution < -0.4 is 10.2 Å². The number of hydrogen-bond acceptors (Lipinski definition) is 2. The Kier molecular flexibility index (Phi) is 2.86. The SMILES string of the molecule is CNC1CN(c2ccc(Cl)c(Cl)c2)C1. The van der Waals surface area contributed by atoms with E-state index in [1.165, 1.54) is 0 Å². The van der Waals surface area contributed by atoms with Gasteiger partial charge >= 0.3 is 0 Å². The largest absolute Gasteiger partial charge is 0.368 e. The van der Waals surface area contributed by atoms with Gasteiger partial charge in [0.25, 0.3) is 0 Å². The standard InChI is InChI=1S/C10H12Cl2N2/c1-13-7-5-14(6-7)8-2-3-9(11)10(12)4-8/h2-4,7,13H,5-6H2,1H3. The average Bonchev–Trinajstić information content (AvgIpc) is 2.09. The number of halogens is 2. The van der Waals surface area contributed by atoms with Crippen LogP contribution in [-0.2, 0) is 0 Å². The van der Waals surface area contributed by atoms with Gasteiger partial charge in [0.05, 0.1) is 10.0 Å². The van der Waals surface area contributed by atoms with Crippen LogP contribution in [0, 0.1) is 0 Å². The van der Waals surface area contributed by atoms with Gasteiger partial charge in [-0.3, -0.25) is 0 Å². The summed E-state index contributed by atoms with van der Waals surface area (Å²) in [6, 6.07) is 6.35. The van der Waals surface area contributed by atoms with Crippen molar-refractivity contribution in [3.05, 3.63) is 28.2 Å². The Balaban J connectivity index is 2.08. The van der Waals surface area contributed by atoms with Gasteiger partial charge in [-0.15, -0.1) is 0 Å². The third-order valence-corrected chi connectivity index (χ3v) is 3.30. The minimum Gasteiger partial charge on any atom is -0.368 e. The Hall–Kier alpha value is -0.440. The fourth-order valence-corrected chi connectivity index (χ4v) is 1.85. The monoisotopic (exact) mass is 230 g/mol. The number of likely N-dealkylation sites (N-methyl/N-ethyl adjacent to an activating group) is 1. The van der Waals surface area contributed by atoms with Crippen LogP contribution in [0.15, 0.2) is 18.2 Å². The van der Waals surface area contributed by atoms with Crippen LogP contribution in [0.25, 0.3) is 0 Å². The molecule has 4 heteroatoms. The van der Waals surface area contributed by atoms with Gasteiger partial charge in [0.1, 0.15) is 0 Å². The fourth-order valence-electron chi connectivity index (χ4n) is 1.55. The zero-order chi connectivity index (χ0) is 10.1. The summed E-state index contributed by atoms with van der Waals surface area (Å²) in [6.45, 7) is 2.07. The van der Waals surface area contributed by atoms with Gasteiger partial charge in [0, 0.05) is 24.8 Å². The van der Waals surface area contributed by atoms with Crippen molar-refractivity contribution in [1.29, 1.82) is 0 Å². The molecule has 2 rings (SSSR count). The summed E-state index contributed by atoms with van der Waals surface area (Å²) < 4.78 is 0. The minimum absolute atomic E-state index is 0.601. The molecule has 0 amide bonds. The summed E-state index contributed by atoms with van der Waals surface area (Å²) in [5.74, 6) is 0. The Bertz CT molecular complexity index is 335. The highest BCUT2D eigenvalue weighted by Gasteiger charge is 2.25. The predicted molar refractivity (Wildman–Crippen MR) is 61.5 cm³/mol. The predicted octanol–water partition coefficient (Wildman–Crippen LogP) is 2.40. The van der Waals surface area contributed by atoms with Crippen molar-refractivity contribution in [1.82, 2.24) is 5.32 Å². The van der Waals surface area contributed by atoms with E-state index in [0.717, 1.165) is 18.8 Å². The third kappa shape index (κ3) is 1.83. The highest BCUT2D eigenvalue weighted by Crippen LogP contribution is 2.29. The number of rotatable bonds is 2. The zero-order valence-electron chi connectivity index (χ0n) is 7.93. The van der Waals surface area contributed by atoms with Crippen molar-refractivity contribution < 1.29 is 0 Å². The molecule has 0 unspecified atom stereocenters. The second-order valence-electron chi connectivity index (χ2n) is 3.49. The molecule has 1 aliphatic rings. The van der Waals surface area contributed by atoms with Gasteiger partial charge < -0.3 is 10.2 Å². The number of nitrogens with zero attached hydrogens (tertiary/aromatic N) is 1. The molecular weight excluding hydrogens is 219 g/mol. The van der Waals surface area contributed by atoms with E-state index >= 15 is 0 Å². The molecule has 0 radical (unpaired) electrons. The lowest BCUT2D eigenvalue weighted by molar-refractivity contribution is 0.450. The average molecular weight is 231 g/mol. The second-order valence-corrected chi connectivity index (χ2v) is 4.30. The van der Waals surface area contributed by atoms with Crippen molar-refractivity contribution in [3.63, 3.8) is 0 Å². The van der Waals surface area contributed by atoms with Crippen LogP contribution in [0.1, 0.15) is 0 Å². The van der Waals surface area contributed by atoms with Gasteiger partial charge in [0.15, 0.2) is 0 Å². The molecule has 76 valence electrons. The first-order valence-corrected chi connectivity index (χ1v) is 5.33. The fraction of sp³-hybridized carbons (Fsp3) is 0.400. The number of benzene rings is 1. The molecule has 1 fully saturated rings. The topological polar surface area (TPSA) is 15.3 Å². The molecule has 0 spiro atoms. The Morgan fingerprint density at radius 2 is 2.00 bits per heavy atom. The van der Waals surface area contributed by atoms with E-state index in [9.17, 15) is 0 Å². The van der Waals surface area contributed by atoms with Crippen LogP contribution in [0.4, 0.5) is 5.69 Å². The second kappa shape index (κ2) is 3.97. The third-order valence-electron chi connectivity index (χ3n) is 2.56. The molecule has 0 saturated carbocycles. The molecule has 1 heterocycles. The Morgan fingerprint density at radius 3 is 2.57 bits per heavy atom. The van der Waals surface area contributed by atoms with Gasteiger partial charge in [-0.2, -0.15) is 0 Å². The molecule has 0 atom stereocenters. The highest BCUT2D eigenvalue weighted by molar-refractivity contribution is 6.42. The summed E-state index contributed by atoms with van der Waals surface area (Å²) in [5, 5.41) is 4.46. The molecule has 0 bridgehead atoms. The molecule has 14 heavy (non-hydrogen) atoms. The van der Waals surface area contributed by atoms with Gasteiger partial charge in [-0.1, -0.05) is 23.2 Å². The van der Waals surface area contributed by atoms with E-state index in [2.05, 4.69) is 10.2 Å². The number of hydrogen-bond donors (Lipinski definition) is 1. The maximum Gasteiger partial charge on any atom is 0.0612 e. The van der Waals surface area contributed by atoms with E-state index in [4.69, 9.17) is 23.2 Å². The minimum atomic E-state index is 0.601. The van der Waals surface area contributed by atoms with Crippen molar-refractivity contribution in [2.24, 2.45) is 0 Å². The normalized spacial score (nSPS) is 16.9.